The van der Waals surface area contributed by atoms with Gasteiger partial charge in [0.25, 0.3) is 5.91 Å². The predicted octanol–water partition coefficient (Wildman–Crippen LogP) is 2.85. The Labute approximate surface area is 135 Å². The molecule has 122 valence electrons. The first-order chi connectivity index (χ1) is 10.8. The van der Waals surface area contributed by atoms with Gasteiger partial charge in [-0.25, -0.2) is 9.97 Å². The summed E-state index contributed by atoms with van der Waals surface area (Å²) in [5, 5.41) is 3.90. The van der Waals surface area contributed by atoms with E-state index in [9.17, 15) is 4.79 Å². The molecule has 6 heteroatoms. The lowest BCUT2D eigenvalue weighted by molar-refractivity contribution is 0.0601. The zero-order chi connectivity index (χ0) is 16.8. The van der Waals surface area contributed by atoms with Crippen LogP contribution in [-0.4, -0.2) is 32.5 Å². The fraction of sp³-hybridized carbons (Fsp3) is 0.529. The quantitative estimate of drug-likeness (QED) is 0.852. The third kappa shape index (κ3) is 2.52. The molecule has 2 aromatic heterocycles. The van der Waals surface area contributed by atoms with E-state index in [-0.39, 0.29) is 5.91 Å². The van der Waals surface area contributed by atoms with Crippen molar-refractivity contribution in [2.45, 2.75) is 53.0 Å². The minimum absolute atomic E-state index is 0.0518. The summed E-state index contributed by atoms with van der Waals surface area (Å²) in [4.78, 5) is 24.2. The van der Waals surface area contributed by atoms with E-state index in [1.165, 1.54) is 0 Å². The molecule has 0 aromatic carbocycles. The average molecular weight is 314 g/mol. The third-order valence-corrected chi connectivity index (χ3v) is 4.60. The van der Waals surface area contributed by atoms with Gasteiger partial charge in [-0.2, -0.15) is 0 Å². The molecule has 1 aliphatic rings. The lowest BCUT2D eigenvalue weighted by Gasteiger charge is -2.34. The molecule has 0 saturated carbocycles. The lowest BCUT2D eigenvalue weighted by atomic mass is 9.96. The van der Waals surface area contributed by atoms with E-state index >= 15 is 0 Å². The Balaban J connectivity index is 2.04. The van der Waals surface area contributed by atoms with Gasteiger partial charge in [-0.1, -0.05) is 5.16 Å². The second-order valence-corrected chi connectivity index (χ2v) is 6.51. The molecule has 2 aromatic rings. The van der Waals surface area contributed by atoms with Crippen molar-refractivity contribution in [1.29, 1.82) is 0 Å². The maximum absolute atomic E-state index is 13.1. The Kier molecular flexibility index (Phi) is 3.70. The Morgan fingerprint density at radius 1 is 1.22 bits per heavy atom. The van der Waals surface area contributed by atoms with Crippen LogP contribution in [0.5, 0.6) is 0 Å². The normalized spacial score (nSPS) is 21.0. The van der Waals surface area contributed by atoms with Gasteiger partial charge in [0.1, 0.15) is 16.9 Å². The zero-order valence-electron chi connectivity index (χ0n) is 14.3. The molecule has 1 fully saturated rings. The maximum Gasteiger partial charge on any atom is 0.260 e. The van der Waals surface area contributed by atoms with E-state index in [0.717, 1.165) is 24.2 Å². The molecular formula is C17H22N4O2. The SMILES string of the molecule is Cc1cc(C)nc(C2(C)CCCN2C(=O)c2c(C)noc2C)n1. The molecule has 1 aliphatic heterocycles. The Morgan fingerprint density at radius 2 is 1.87 bits per heavy atom. The molecule has 6 nitrogen and oxygen atoms in total. The maximum atomic E-state index is 13.1. The first-order valence-corrected chi connectivity index (χ1v) is 7.90. The number of aryl methyl sites for hydroxylation is 4. The van der Waals surface area contributed by atoms with Crippen molar-refractivity contribution in [3.63, 3.8) is 0 Å². The number of amides is 1. The molecule has 0 N–H and O–H groups in total. The summed E-state index contributed by atoms with van der Waals surface area (Å²) in [6.07, 6.45) is 1.78. The van der Waals surface area contributed by atoms with Gasteiger partial charge in [0.15, 0.2) is 5.82 Å². The van der Waals surface area contributed by atoms with E-state index in [2.05, 4.69) is 15.1 Å². The van der Waals surface area contributed by atoms with E-state index in [1.807, 2.05) is 31.7 Å². The van der Waals surface area contributed by atoms with Crippen LogP contribution in [0.2, 0.25) is 0 Å². The summed E-state index contributed by atoms with van der Waals surface area (Å²) in [5.41, 5.74) is 2.53. The van der Waals surface area contributed by atoms with Crippen molar-refractivity contribution in [2.75, 3.05) is 6.54 Å². The highest BCUT2D eigenvalue weighted by Gasteiger charge is 2.44. The number of aromatic nitrogens is 3. The fourth-order valence-corrected chi connectivity index (χ4v) is 3.41. The summed E-state index contributed by atoms with van der Waals surface area (Å²) in [6.45, 7) is 10.2. The van der Waals surface area contributed by atoms with Crippen LogP contribution in [0.25, 0.3) is 0 Å². The number of nitrogens with zero attached hydrogens (tertiary/aromatic N) is 4. The third-order valence-electron chi connectivity index (χ3n) is 4.60. The predicted molar refractivity (Wildman–Crippen MR) is 85.1 cm³/mol. The molecule has 0 radical (unpaired) electrons. The minimum atomic E-state index is -0.496. The molecule has 3 heterocycles. The Hall–Kier alpha value is -2.24. The van der Waals surface area contributed by atoms with Gasteiger partial charge in [-0.05, 0) is 53.5 Å². The number of hydrogen-bond acceptors (Lipinski definition) is 5. The van der Waals surface area contributed by atoms with Crippen LogP contribution >= 0.6 is 0 Å². The van der Waals surface area contributed by atoms with E-state index in [4.69, 9.17) is 4.52 Å². The highest BCUT2D eigenvalue weighted by atomic mass is 16.5. The number of carbonyl (C=O) groups excluding carboxylic acids is 1. The van der Waals surface area contributed by atoms with Gasteiger partial charge in [-0.15, -0.1) is 0 Å². The van der Waals surface area contributed by atoms with Crippen molar-refractivity contribution in [1.82, 2.24) is 20.0 Å². The molecule has 0 bridgehead atoms. The number of carbonyl (C=O) groups is 1. The second kappa shape index (κ2) is 5.44. The van der Waals surface area contributed by atoms with Crippen LogP contribution in [0, 0.1) is 27.7 Å². The van der Waals surface area contributed by atoms with Gasteiger partial charge in [0.2, 0.25) is 0 Å². The largest absolute Gasteiger partial charge is 0.361 e. The van der Waals surface area contributed by atoms with Crippen molar-refractivity contribution in [3.8, 4) is 0 Å². The van der Waals surface area contributed by atoms with Crippen molar-refractivity contribution < 1.29 is 9.32 Å². The average Bonchev–Trinajstić information content (AvgIpc) is 3.02. The van der Waals surface area contributed by atoms with Crippen molar-refractivity contribution >= 4 is 5.91 Å². The van der Waals surface area contributed by atoms with Crippen molar-refractivity contribution in [2.24, 2.45) is 0 Å². The highest BCUT2D eigenvalue weighted by Crippen LogP contribution is 2.38. The first-order valence-electron chi connectivity index (χ1n) is 7.90. The molecule has 1 atom stereocenters. The van der Waals surface area contributed by atoms with Crippen LogP contribution in [0.15, 0.2) is 10.6 Å². The van der Waals surface area contributed by atoms with Gasteiger partial charge in [0.05, 0.1) is 5.69 Å². The van der Waals surface area contributed by atoms with Gasteiger partial charge >= 0.3 is 0 Å². The first kappa shape index (κ1) is 15.6. The number of hydrogen-bond donors (Lipinski definition) is 0. The van der Waals surface area contributed by atoms with Crippen LogP contribution in [-0.2, 0) is 5.54 Å². The fourth-order valence-electron chi connectivity index (χ4n) is 3.41. The van der Waals surface area contributed by atoms with Gasteiger partial charge in [-0.3, -0.25) is 4.79 Å². The Morgan fingerprint density at radius 3 is 2.43 bits per heavy atom. The lowest BCUT2D eigenvalue weighted by Crippen LogP contribution is -2.44. The highest BCUT2D eigenvalue weighted by molar-refractivity contribution is 5.96. The summed E-state index contributed by atoms with van der Waals surface area (Å²) < 4.78 is 5.16. The molecule has 1 amide bonds. The number of likely N-dealkylation sites (tertiary alicyclic amines) is 1. The molecule has 1 saturated heterocycles. The summed E-state index contributed by atoms with van der Waals surface area (Å²) in [7, 11) is 0. The van der Waals surface area contributed by atoms with Crippen LogP contribution in [0.3, 0.4) is 0 Å². The monoisotopic (exact) mass is 314 g/mol. The van der Waals surface area contributed by atoms with Crippen molar-refractivity contribution in [3.05, 3.63) is 40.3 Å². The van der Waals surface area contributed by atoms with Crippen LogP contribution in [0.1, 0.15) is 58.8 Å². The molecular weight excluding hydrogens is 292 g/mol. The smallest absolute Gasteiger partial charge is 0.260 e. The summed E-state index contributed by atoms with van der Waals surface area (Å²) in [6, 6.07) is 1.95. The summed E-state index contributed by atoms with van der Waals surface area (Å²) in [5.74, 6) is 1.22. The van der Waals surface area contributed by atoms with Crippen LogP contribution < -0.4 is 0 Å². The van der Waals surface area contributed by atoms with Gasteiger partial charge < -0.3 is 9.42 Å². The molecule has 1 unspecified atom stereocenters. The molecule has 0 aliphatic carbocycles. The zero-order valence-corrected chi connectivity index (χ0v) is 14.3. The van der Waals surface area contributed by atoms with Gasteiger partial charge in [0, 0.05) is 17.9 Å². The molecule has 0 spiro atoms. The molecule has 3 rings (SSSR count). The molecule has 23 heavy (non-hydrogen) atoms. The standard InChI is InChI=1S/C17H22N4O2/c1-10-9-11(2)19-16(18-10)17(5)7-6-8-21(17)15(22)14-12(3)20-23-13(14)4/h9H,6-8H2,1-5H3. The Bertz CT molecular complexity index is 728. The summed E-state index contributed by atoms with van der Waals surface area (Å²) >= 11 is 0. The van der Waals surface area contributed by atoms with E-state index in [1.54, 1.807) is 13.8 Å². The van der Waals surface area contributed by atoms with Crippen LogP contribution in [0.4, 0.5) is 0 Å². The van der Waals surface area contributed by atoms with E-state index in [0.29, 0.717) is 29.4 Å². The number of rotatable bonds is 2. The topological polar surface area (TPSA) is 72.1 Å². The van der Waals surface area contributed by atoms with E-state index < -0.39 is 5.54 Å². The minimum Gasteiger partial charge on any atom is -0.361 e. The second-order valence-electron chi connectivity index (χ2n) is 6.51.